The van der Waals surface area contributed by atoms with E-state index >= 15 is 0 Å². The first-order valence-corrected chi connectivity index (χ1v) is 7.50. The van der Waals surface area contributed by atoms with Crippen molar-refractivity contribution in [3.05, 3.63) is 45.6 Å². The highest BCUT2D eigenvalue weighted by Crippen LogP contribution is 2.14. The van der Waals surface area contributed by atoms with Crippen LogP contribution in [0.1, 0.15) is 30.6 Å². The topological polar surface area (TPSA) is 66.4 Å². The van der Waals surface area contributed by atoms with Crippen LogP contribution in [-0.4, -0.2) is 23.0 Å². The molecule has 0 heterocycles. The molecule has 0 saturated carbocycles. The summed E-state index contributed by atoms with van der Waals surface area (Å²) < 4.78 is 0.868. The van der Waals surface area contributed by atoms with Crippen LogP contribution in [0.25, 0.3) is 0 Å². The van der Waals surface area contributed by atoms with E-state index in [2.05, 4.69) is 27.9 Å². The highest BCUT2D eigenvalue weighted by molar-refractivity contribution is 14.1. The second-order valence-electron chi connectivity index (χ2n) is 4.56. The molecule has 2 unspecified atom stereocenters. The van der Waals surface area contributed by atoms with Gasteiger partial charge < -0.3 is 10.4 Å². The molecule has 2 N–H and O–H groups in total. The fourth-order valence-electron chi connectivity index (χ4n) is 1.69. The molecule has 4 nitrogen and oxygen atoms in total. The molecule has 0 bridgehead atoms. The Labute approximate surface area is 132 Å². The van der Waals surface area contributed by atoms with Gasteiger partial charge in [-0.25, -0.2) is 4.79 Å². The Hall–Kier alpha value is -1.37. The van der Waals surface area contributed by atoms with Crippen molar-refractivity contribution >= 4 is 34.5 Å². The molecular formula is C15H18INO3. The molecule has 1 amide bonds. The van der Waals surface area contributed by atoms with E-state index in [0.717, 1.165) is 16.1 Å². The van der Waals surface area contributed by atoms with Crippen LogP contribution < -0.4 is 5.32 Å². The molecule has 0 spiro atoms. The van der Waals surface area contributed by atoms with Gasteiger partial charge in [-0.2, -0.15) is 0 Å². The van der Waals surface area contributed by atoms with Crippen molar-refractivity contribution in [1.29, 1.82) is 0 Å². The maximum Gasteiger partial charge on any atom is 0.328 e. The summed E-state index contributed by atoms with van der Waals surface area (Å²) in [5, 5.41) is 11.6. The Balaban J connectivity index is 2.87. The summed E-state index contributed by atoms with van der Waals surface area (Å²) >= 11 is 2.11. The number of hydrogen-bond donors (Lipinski definition) is 2. The fraction of sp³-hybridized carbons (Fsp3) is 0.333. The number of nitrogens with one attached hydrogen (secondary N) is 1. The summed E-state index contributed by atoms with van der Waals surface area (Å²) in [6, 6.07) is 7.00. The van der Waals surface area contributed by atoms with E-state index in [1.807, 2.05) is 32.0 Å². The first-order chi connectivity index (χ1) is 9.45. The highest BCUT2D eigenvalue weighted by Gasteiger charge is 2.18. The van der Waals surface area contributed by atoms with Crippen molar-refractivity contribution < 1.29 is 14.7 Å². The number of carbonyl (C=O) groups excluding carboxylic acids is 1. The van der Waals surface area contributed by atoms with E-state index in [9.17, 15) is 9.59 Å². The standard InChI is InChI=1S/C15H18INO3/c1-3-10(2)13(8-9-14(18)19)17-15(20)11-6-4-5-7-12(11)16/h4-10,13H,3H2,1-2H3,(H,17,20)(H,18,19)/b9-8+. The highest BCUT2D eigenvalue weighted by atomic mass is 127. The third-order valence-corrected chi connectivity index (χ3v) is 4.06. The van der Waals surface area contributed by atoms with Gasteiger partial charge in [0, 0.05) is 9.65 Å². The molecule has 20 heavy (non-hydrogen) atoms. The van der Waals surface area contributed by atoms with Gasteiger partial charge in [-0.1, -0.05) is 38.5 Å². The van der Waals surface area contributed by atoms with Gasteiger partial charge in [0.1, 0.15) is 0 Å². The lowest BCUT2D eigenvalue weighted by Crippen LogP contribution is -2.38. The van der Waals surface area contributed by atoms with Crippen molar-refractivity contribution in [2.75, 3.05) is 0 Å². The summed E-state index contributed by atoms with van der Waals surface area (Å²) in [4.78, 5) is 22.9. The Morgan fingerprint density at radius 1 is 1.40 bits per heavy atom. The molecular weight excluding hydrogens is 369 g/mol. The molecule has 5 heteroatoms. The number of carboxylic acid groups (broad SMARTS) is 1. The van der Waals surface area contributed by atoms with Gasteiger partial charge in [-0.05, 0) is 40.6 Å². The van der Waals surface area contributed by atoms with Crippen LogP contribution in [0.3, 0.4) is 0 Å². The van der Waals surface area contributed by atoms with Crippen LogP contribution >= 0.6 is 22.6 Å². The van der Waals surface area contributed by atoms with E-state index in [1.54, 1.807) is 6.07 Å². The third-order valence-electron chi connectivity index (χ3n) is 3.12. The van der Waals surface area contributed by atoms with Gasteiger partial charge >= 0.3 is 5.97 Å². The third kappa shape index (κ3) is 4.96. The van der Waals surface area contributed by atoms with Crippen LogP contribution in [0.15, 0.2) is 36.4 Å². The second-order valence-corrected chi connectivity index (χ2v) is 5.72. The monoisotopic (exact) mass is 387 g/mol. The molecule has 0 aliphatic heterocycles. The Bertz CT molecular complexity index is 514. The minimum atomic E-state index is -1.01. The smallest absolute Gasteiger partial charge is 0.328 e. The van der Waals surface area contributed by atoms with Gasteiger partial charge in [0.25, 0.3) is 5.91 Å². The normalized spacial score (nSPS) is 13.9. The van der Waals surface area contributed by atoms with Crippen LogP contribution in [0.4, 0.5) is 0 Å². The van der Waals surface area contributed by atoms with E-state index in [-0.39, 0.29) is 17.9 Å². The predicted molar refractivity (Wildman–Crippen MR) is 86.6 cm³/mol. The van der Waals surface area contributed by atoms with Gasteiger partial charge in [-0.15, -0.1) is 0 Å². The maximum absolute atomic E-state index is 12.2. The van der Waals surface area contributed by atoms with Gasteiger partial charge in [0.05, 0.1) is 11.6 Å². The lowest BCUT2D eigenvalue weighted by molar-refractivity contribution is -0.131. The quantitative estimate of drug-likeness (QED) is 0.583. The number of hydrogen-bond acceptors (Lipinski definition) is 2. The molecule has 108 valence electrons. The lowest BCUT2D eigenvalue weighted by Gasteiger charge is -2.21. The molecule has 1 aromatic carbocycles. The summed E-state index contributed by atoms with van der Waals surface area (Å²) in [6.45, 7) is 3.98. The number of benzene rings is 1. The van der Waals surface area contributed by atoms with E-state index < -0.39 is 5.97 Å². The van der Waals surface area contributed by atoms with Crippen LogP contribution in [0.2, 0.25) is 0 Å². The molecule has 0 aliphatic carbocycles. The number of halogens is 1. The molecule has 0 aliphatic rings. The largest absolute Gasteiger partial charge is 0.478 e. The Morgan fingerprint density at radius 2 is 2.05 bits per heavy atom. The van der Waals surface area contributed by atoms with Gasteiger partial charge in [0.15, 0.2) is 0 Å². The average Bonchev–Trinajstić information content (AvgIpc) is 2.42. The van der Waals surface area contributed by atoms with Crippen molar-refractivity contribution in [3.63, 3.8) is 0 Å². The average molecular weight is 387 g/mol. The number of aliphatic carboxylic acids is 1. The van der Waals surface area contributed by atoms with Crippen molar-refractivity contribution in [2.45, 2.75) is 26.3 Å². The molecule has 0 aromatic heterocycles. The van der Waals surface area contributed by atoms with E-state index in [4.69, 9.17) is 5.11 Å². The maximum atomic E-state index is 12.2. The zero-order valence-electron chi connectivity index (χ0n) is 11.5. The zero-order valence-corrected chi connectivity index (χ0v) is 13.6. The fourth-order valence-corrected chi connectivity index (χ4v) is 2.33. The molecule has 0 saturated heterocycles. The van der Waals surface area contributed by atoms with Crippen LogP contribution in [0, 0.1) is 9.49 Å². The van der Waals surface area contributed by atoms with Crippen LogP contribution in [-0.2, 0) is 4.79 Å². The SMILES string of the molecule is CCC(C)C(/C=C/C(=O)O)NC(=O)c1ccccc1I. The molecule has 0 radical (unpaired) electrons. The molecule has 1 rings (SSSR count). The number of amides is 1. The number of carbonyl (C=O) groups is 2. The molecule has 2 atom stereocenters. The summed E-state index contributed by atoms with van der Waals surface area (Å²) in [5.41, 5.74) is 0.602. The first-order valence-electron chi connectivity index (χ1n) is 6.42. The molecule has 1 aromatic rings. The minimum absolute atomic E-state index is 0.163. The summed E-state index contributed by atoms with van der Waals surface area (Å²) in [7, 11) is 0. The second kappa shape index (κ2) is 8.04. The Kier molecular flexibility index (Phi) is 6.70. The minimum Gasteiger partial charge on any atom is -0.478 e. The lowest BCUT2D eigenvalue weighted by atomic mass is 9.98. The Morgan fingerprint density at radius 3 is 2.60 bits per heavy atom. The van der Waals surface area contributed by atoms with Crippen molar-refractivity contribution in [3.8, 4) is 0 Å². The summed E-state index contributed by atoms with van der Waals surface area (Å²) in [5.74, 6) is -1.03. The summed E-state index contributed by atoms with van der Waals surface area (Å²) in [6.07, 6.45) is 3.46. The van der Waals surface area contributed by atoms with E-state index in [0.29, 0.717) is 5.56 Å². The van der Waals surface area contributed by atoms with Gasteiger partial charge in [0.2, 0.25) is 0 Å². The van der Waals surface area contributed by atoms with Crippen molar-refractivity contribution in [1.82, 2.24) is 5.32 Å². The number of rotatable bonds is 6. The number of carboxylic acids is 1. The zero-order chi connectivity index (χ0) is 15.1. The van der Waals surface area contributed by atoms with Crippen molar-refractivity contribution in [2.24, 2.45) is 5.92 Å². The first kappa shape index (κ1) is 16.7. The van der Waals surface area contributed by atoms with E-state index in [1.165, 1.54) is 6.08 Å². The van der Waals surface area contributed by atoms with Crippen LogP contribution in [0.5, 0.6) is 0 Å². The molecule has 0 fully saturated rings. The van der Waals surface area contributed by atoms with Gasteiger partial charge in [-0.3, -0.25) is 4.79 Å². The predicted octanol–water partition coefficient (Wildman–Crippen LogP) is 3.08.